The van der Waals surface area contributed by atoms with Crippen molar-refractivity contribution in [3.8, 4) is 0 Å². The second kappa shape index (κ2) is 14.9. The van der Waals surface area contributed by atoms with E-state index in [0.717, 1.165) is 12.8 Å². The van der Waals surface area contributed by atoms with Crippen molar-refractivity contribution in [2.45, 2.75) is 40.0 Å². The average molecular weight is 262 g/mol. The van der Waals surface area contributed by atoms with Crippen LogP contribution in [-0.4, -0.2) is 21.0 Å². The monoisotopic (exact) mass is 262 g/mol. The molecule has 0 heterocycles. The van der Waals surface area contributed by atoms with Gasteiger partial charge in [0.25, 0.3) is 0 Å². The lowest BCUT2D eigenvalue weighted by molar-refractivity contribution is -0.136. The van der Waals surface area contributed by atoms with Gasteiger partial charge in [0.2, 0.25) is 11.1 Å². The summed E-state index contributed by atoms with van der Waals surface area (Å²) in [5.74, 6) is -0.153. The van der Waals surface area contributed by atoms with Gasteiger partial charge in [0.1, 0.15) is 0 Å². The van der Waals surface area contributed by atoms with Crippen molar-refractivity contribution >= 4 is 17.0 Å². The number of aliphatic carboxylic acids is 1. The van der Waals surface area contributed by atoms with Crippen LogP contribution in [0.3, 0.4) is 0 Å². The van der Waals surface area contributed by atoms with E-state index < -0.39 is 17.0 Å². The minimum Gasteiger partial charge on any atom is -0.481 e. The van der Waals surface area contributed by atoms with Gasteiger partial charge in [-0.15, -0.1) is 0 Å². The van der Waals surface area contributed by atoms with E-state index in [2.05, 4.69) is 0 Å². The van der Waals surface area contributed by atoms with Crippen LogP contribution in [0.15, 0.2) is 24.5 Å². The van der Waals surface area contributed by atoms with Gasteiger partial charge in [0.05, 0.1) is 18.4 Å². The highest BCUT2D eigenvalue weighted by molar-refractivity contribution is 7.80. The van der Waals surface area contributed by atoms with Gasteiger partial charge in [-0.25, -0.2) is 4.21 Å². The zero-order valence-corrected chi connectivity index (χ0v) is 11.5. The molecule has 0 aliphatic heterocycles. The Balaban J connectivity index is 0. The molecule has 0 aliphatic carbocycles. The van der Waals surface area contributed by atoms with E-state index >= 15 is 0 Å². The van der Waals surface area contributed by atoms with Gasteiger partial charge in [0, 0.05) is 0 Å². The van der Waals surface area contributed by atoms with Gasteiger partial charge in [0.15, 0.2) is 0 Å². The van der Waals surface area contributed by atoms with Crippen molar-refractivity contribution in [1.82, 2.24) is 0 Å². The quantitative estimate of drug-likeness (QED) is 0.566. The summed E-state index contributed by atoms with van der Waals surface area (Å²) in [6.07, 6.45) is 8.61. The molecule has 0 radical (unpaired) electrons. The molecule has 0 amide bonds. The fourth-order valence-corrected chi connectivity index (χ4v) is 1.35. The van der Waals surface area contributed by atoms with Gasteiger partial charge in [-0.3, -0.25) is 4.79 Å². The maximum atomic E-state index is 10.6. The lowest BCUT2D eigenvalue weighted by Gasteiger charge is -1.94. The number of carboxylic acid groups (broad SMARTS) is 1. The highest BCUT2D eigenvalue weighted by atomic mass is 32.2. The van der Waals surface area contributed by atoms with Crippen LogP contribution < -0.4 is 0 Å². The molecular formula is C12H22O4S. The summed E-state index contributed by atoms with van der Waals surface area (Å²) in [5, 5.41) is 8.09. The van der Waals surface area contributed by atoms with Gasteiger partial charge in [-0.2, -0.15) is 0 Å². The van der Waals surface area contributed by atoms with Crippen molar-refractivity contribution in [3.05, 3.63) is 24.5 Å². The highest BCUT2D eigenvalue weighted by Gasteiger charge is 1.92. The van der Waals surface area contributed by atoms with E-state index in [9.17, 15) is 9.00 Å². The molecule has 0 bridgehead atoms. The number of hydrogen-bond acceptors (Lipinski definition) is 3. The Morgan fingerprint density at radius 1 is 1.35 bits per heavy atom. The molecule has 17 heavy (non-hydrogen) atoms. The van der Waals surface area contributed by atoms with Crippen molar-refractivity contribution in [3.63, 3.8) is 0 Å². The Kier molecular flexibility index (Phi) is 16.0. The Morgan fingerprint density at radius 2 is 2.00 bits per heavy atom. The van der Waals surface area contributed by atoms with Crippen molar-refractivity contribution < 1.29 is 18.3 Å². The van der Waals surface area contributed by atoms with Crippen molar-refractivity contribution in [2.75, 3.05) is 5.75 Å². The number of carboxylic acids is 1. The molecule has 0 spiro atoms. The molecule has 0 saturated carbocycles. The molecule has 1 unspecified atom stereocenters. The molecule has 0 aromatic rings. The molecule has 0 fully saturated rings. The number of hydrogen-bond donors (Lipinski definition) is 1. The summed E-state index contributed by atoms with van der Waals surface area (Å²) in [6.45, 7) is 5.76. The SMILES string of the molecule is C/C=C/OS(=O)CCC.CC/C=C/CC(=O)O. The topological polar surface area (TPSA) is 63.6 Å². The smallest absolute Gasteiger partial charge is 0.307 e. The largest absolute Gasteiger partial charge is 0.481 e. The van der Waals surface area contributed by atoms with Gasteiger partial charge >= 0.3 is 5.97 Å². The minimum absolute atomic E-state index is 0.147. The lowest BCUT2D eigenvalue weighted by Crippen LogP contribution is -1.95. The lowest BCUT2D eigenvalue weighted by atomic mass is 10.3. The first-order chi connectivity index (χ1) is 8.08. The Labute approximate surface area is 106 Å². The fourth-order valence-electron chi connectivity index (χ4n) is 0.683. The molecule has 0 aromatic heterocycles. The molecule has 0 rings (SSSR count). The van der Waals surface area contributed by atoms with Crippen LogP contribution in [0.5, 0.6) is 0 Å². The number of allylic oxidation sites excluding steroid dienone is 2. The molecule has 5 heteroatoms. The van der Waals surface area contributed by atoms with Crippen LogP contribution in [0.25, 0.3) is 0 Å². The van der Waals surface area contributed by atoms with E-state index in [1.165, 1.54) is 6.26 Å². The van der Waals surface area contributed by atoms with Crippen LogP contribution in [-0.2, 0) is 20.1 Å². The van der Waals surface area contributed by atoms with Gasteiger partial charge in [-0.1, -0.05) is 32.1 Å². The third-order valence-corrected chi connectivity index (χ3v) is 2.43. The number of rotatable bonds is 7. The van der Waals surface area contributed by atoms with Crippen LogP contribution in [0.1, 0.15) is 40.0 Å². The Hall–Kier alpha value is -1.10. The first-order valence-electron chi connectivity index (χ1n) is 5.61. The maximum absolute atomic E-state index is 10.6. The van der Waals surface area contributed by atoms with E-state index in [4.69, 9.17) is 9.29 Å². The molecule has 4 nitrogen and oxygen atoms in total. The highest BCUT2D eigenvalue weighted by Crippen LogP contribution is 1.89. The van der Waals surface area contributed by atoms with Crippen LogP contribution in [0, 0.1) is 0 Å². The first kappa shape index (κ1) is 18.3. The minimum atomic E-state index is -1.11. The van der Waals surface area contributed by atoms with Gasteiger partial charge in [-0.05, 0) is 19.8 Å². The maximum Gasteiger partial charge on any atom is 0.307 e. The summed E-state index contributed by atoms with van der Waals surface area (Å²) in [7, 11) is 0. The zero-order valence-electron chi connectivity index (χ0n) is 10.7. The standard InChI is InChI=1S/C6H12O2S.C6H10O2/c1-3-5-8-9(7)6-4-2;1-2-3-4-5-6(7)8/h3,5H,4,6H2,1-2H3;3-4H,2,5H2,1H3,(H,7,8)/b5-3+;4-3+. The fraction of sp³-hybridized carbons (Fsp3) is 0.583. The van der Waals surface area contributed by atoms with Crippen LogP contribution in [0.4, 0.5) is 0 Å². The second-order valence-electron chi connectivity index (χ2n) is 3.05. The third kappa shape index (κ3) is 20.9. The molecule has 1 atom stereocenters. The molecule has 0 saturated heterocycles. The summed E-state index contributed by atoms with van der Waals surface area (Å²) >= 11 is -1.11. The predicted octanol–water partition coefficient (Wildman–Crippen LogP) is 3.04. The van der Waals surface area contributed by atoms with E-state index in [1.807, 2.05) is 26.8 Å². The van der Waals surface area contributed by atoms with Crippen molar-refractivity contribution in [1.29, 1.82) is 0 Å². The molecular weight excluding hydrogens is 240 g/mol. The summed E-state index contributed by atoms with van der Waals surface area (Å²) in [5.41, 5.74) is 0. The zero-order chi connectivity index (χ0) is 13.5. The molecule has 1 N–H and O–H groups in total. The molecule has 0 aromatic carbocycles. The van der Waals surface area contributed by atoms with Gasteiger partial charge < -0.3 is 9.29 Å². The third-order valence-electron chi connectivity index (χ3n) is 1.36. The molecule has 100 valence electrons. The Morgan fingerprint density at radius 3 is 2.41 bits per heavy atom. The average Bonchev–Trinajstić information content (AvgIpc) is 2.27. The van der Waals surface area contributed by atoms with Crippen LogP contribution >= 0.6 is 0 Å². The normalized spacial score (nSPS) is 12.2. The molecule has 0 aliphatic rings. The van der Waals surface area contributed by atoms with Crippen molar-refractivity contribution in [2.24, 2.45) is 0 Å². The Bertz CT molecular complexity index is 259. The number of carbonyl (C=O) groups is 1. The van der Waals surface area contributed by atoms with E-state index in [1.54, 1.807) is 12.2 Å². The summed E-state index contributed by atoms with van der Waals surface area (Å²) < 4.78 is 15.4. The first-order valence-corrected chi connectivity index (χ1v) is 6.86. The van der Waals surface area contributed by atoms with Crippen LogP contribution in [0.2, 0.25) is 0 Å². The van der Waals surface area contributed by atoms with E-state index in [0.29, 0.717) is 5.75 Å². The van der Waals surface area contributed by atoms with E-state index in [-0.39, 0.29) is 6.42 Å². The predicted molar refractivity (Wildman–Crippen MR) is 70.9 cm³/mol. The second-order valence-corrected chi connectivity index (χ2v) is 4.26. The summed E-state index contributed by atoms with van der Waals surface area (Å²) in [4.78, 5) is 9.82. The summed E-state index contributed by atoms with van der Waals surface area (Å²) in [6, 6.07) is 0.